The molecule has 0 saturated heterocycles. The van der Waals surface area contributed by atoms with Crippen LogP contribution in [0.15, 0.2) is 42.5 Å². The molecule has 1 heterocycles. The van der Waals surface area contributed by atoms with Gasteiger partial charge in [0.2, 0.25) is 15.9 Å². The normalized spacial score (nSPS) is 16.8. The molecule has 0 spiro atoms. The summed E-state index contributed by atoms with van der Waals surface area (Å²) in [7, 11) is -0.387. The second-order valence-corrected chi connectivity index (χ2v) is 10.6. The number of sulfonamides is 1. The average Bonchev–Trinajstić information content (AvgIpc) is 2.74. The Morgan fingerprint density at radius 2 is 1.85 bits per heavy atom. The van der Waals surface area contributed by atoms with Crippen LogP contribution in [0.1, 0.15) is 44.7 Å². The Hall–Kier alpha value is -2.94. The van der Waals surface area contributed by atoms with Gasteiger partial charge in [0.25, 0.3) is 0 Å². The van der Waals surface area contributed by atoms with Gasteiger partial charge < -0.3 is 19.5 Å². The van der Waals surface area contributed by atoms with Crippen LogP contribution in [-0.4, -0.2) is 46.9 Å². The lowest BCUT2D eigenvalue weighted by Gasteiger charge is -2.38. The topological polar surface area (TPSA) is 94.2 Å². The van der Waals surface area contributed by atoms with Crippen molar-refractivity contribution in [2.75, 3.05) is 31.3 Å². The van der Waals surface area contributed by atoms with E-state index in [1.165, 1.54) is 11.4 Å². The summed E-state index contributed by atoms with van der Waals surface area (Å²) in [6.45, 7) is 4.14. The largest absolute Gasteiger partial charge is 0.497 e. The molecule has 8 nitrogen and oxygen atoms in total. The van der Waals surface area contributed by atoms with Crippen LogP contribution in [0.25, 0.3) is 0 Å². The minimum Gasteiger partial charge on any atom is -0.497 e. The van der Waals surface area contributed by atoms with E-state index < -0.39 is 15.6 Å². The molecule has 180 valence electrons. The van der Waals surface area contributed by atoms with Crippen molar-refractivity contribution >= 4 is 21.6 Å². The minimum atomic E-state index is -3.51. The Morgan fingerprint density at radius 1 is 1.15 bits per heavy atom. The van der Waals surface area contributed by atoms with E-state index in [4.69, 9.17) is 14.2 Å². The highest BCUT2D eigenvalue weighted by Crippen LogP contribution is 2.41. The van der Waals surface area contributed by atoms with Gasteiger partial charge in [0, 0.05) is 37.1 Å². The fraction of sp³-hybridized carbons (Fsp3) is 0.458. The van der Waals surface area contributed by atoms with E-state index in [1.54, 1.807) is 31.4 Å². The van der Waals surface area contributed by atoms with Crippen molar-refractivity contribution in [3.8, 4) is 17.2 Å². The predicted octanol–water partition coefficient (Wildman–Crippen LogP) is 3.67. The van der Waals surface area contributed by atoms with Gasteiger partial charge in [-0.1, -0.05) is 6.07 Å². The van der Waals surface area contributed by atoms with Gasteiger partial charge in [-0.15, -0.1) is 0 Å². The molecule has 0 aliphatic carbocycles. The average molecular weight is 477 g/mol. The van der Waals surface area contributed by atoms with E-state index >= 15 is 0 Å². The lowest BCUT2D eigenvalue weighted by molar-refractivity contribution is -0.122. The van der Waals surface area contributed by atoms with Crippen LogP contribution >= 0.6 is 0 Å². The fourth-order valence-corrected chi connectivity index (χ4v) is 4.95. The molecule has 33 heavy (non-hydrogen) atoms. The van der Waals surface area contributed by atoms with Crippen molar-refractivity contribution in [2.45, 2.75) is 44.8 Å². The van der Waals surface area contributed by atoms with Gasteiger partial charge >= 0.3 is 0 Å². The van der Waals surface area contributed by atoms with Gasteiger partial charge in [-0.2, -0.15) is 0 Å². The van der Waals surface area contributed by atoms with Gasteiger partial charge in [0.15, 0.2) is 0 Å². The molecule has 1 atom stereocenters. The molecular formula is C24H32N2O6S. The number of anilines is 1. The maximum absolute atomic E-state index is 12.8. The number of methoxy groups -OCH3 is 2. The first-order valence-corrected chi connectivity index (χ1v) is 12.7. The Labute approximate surface area is 195 Å². The zero-order chi connectivity index (χ0) is 24.2. The molecule has 0 radical (unpaired) electrons. The first-order chi connectivity index (χ1) is 15.5. The van der Waals surface area contributed by atoms with Crippen LogP contribution in [-0.2, 0) is 14.8 Å². The smallest absolute Gasteiger partial charge is 0.232 e. The Balaban J connectivity index is 1.66. The number of benzene rings is 2. The second-order valence-electron chi connectivity index (χ2n) is 8.73. The number of rotatable bonds is 9. The molecule has 0 aromatic heterocycles. The van der Waals surface area contributed by atoms with Crippen LogP contribution in [0.2, 0.25) is 0 Å². The number of hydrogen-bond donors (Lipinski definition) is 1. The number of amides is 1. The Bertz CT molecular complexity index is 1100. The van der Waals surface area contributed by atoms with Crippen molar-refractivity contribution in [3.05, 3.63) is 48.0 Å². The van der Waals surface area contributed by atoms with E-state index in [0.29, 0.717) is 35.8 Å². The lowest BCUT2D eigenvalue weighted by Crippen LogP contribution is -2.41. The van der Waals surface area contributed by atoms with Gasteiger partial charge in [-0.3, -0.25) is 9.10 Å². The number of hydrogen-bond acceptors (Lipinski definition) is 6. The van der Waals surface area contributed by atoms with Crippen molar-refractivity contribution < 1.29 is 27.4 Å². The predicted molar refractivity (Wildman–Crippen MR) is 128 cm³/mol. The highest BCUT2D eigenvalue weighted by molar-refractivity contribution is 7.92. The van der Waals surface area contributed by atoms with Gasteiger partial charge in [-0.05, 0) is 44.5 Å². The first-order valence-electron chi connectivity index (χ1n) is 10.8. The molecule has 2 aromatic rings. The molecule has 1 aliphatic rings. The third-order valence-electron chi connectivity index (χ3n) is 5.52. The van der Waals surface area contributed by atoms with Crippen molar-refractivity contribution in [3.63, 3.8) is 0 Å². The number of ether oxygens (including phenoxy) is 3. The summed E-state index contributed by atoms with van der Waals surface area (Å²) in [5.74, 6) is 1.81. The maximum Gasteiger partial charge on any atom is 0.232 e. The quantitative estimate of drug-likeness (QED) is 0.594. The zero-order valence-electron chi connectivity index (χ0n) is 19.8. The molecule has 0 fully saturated rings. The summed E-state index contributed by atoms with van der Waals surface area (Å²) in [6.07, 6.45) is 2.34. The van der Waals surface area contributed by atoms with E-state index in [1.807, 2.05) is 32.0 Å². The summed E-state index contributed by atoms with van der Waals surface area (Å²) >= 11 is 0. The van der Waals surface area contributed by atoms with Crippen LogP contribution in [0.3, 0.4) is 0 Å². The molecule has 1 aliphatic heterocycles. The monoisotopic (exact) mass is 476 g/mol. The Morgan fingerprint density at radius 3 is 2.52 bits per heavy atom. The van der Waals surface area contributed by atoms with Crippen molar-refractivity contribution in [1.29, 1.82) is 0 Å². The van der Waals surface area contributed by atoms with E-state index in [-0.39, 0.29) is 24.9 Å². The highest BCUT2D eigenvalue weighted by Gasteiger charge is 2.34. The third kappa shape index (κ3) is 6.31. The summed E-state index contributed by atoms with van der Waals surface area (Å²) < 4.78 is 42.6. The SMILES string of the molecule is COc1cccc(N(CCCC(=O)N[C@@H]2CC(C)(C)Oc3cc(OC)ccc32)S(C)(=O)=O)c1. The molecule has 0 unspecified atom stereocenters. The van der Waals surface area contributed by atoms with E-state index in [9.17, 15) is 13.2 Å². The standard InChI is InChI=1S/C24H32N2O6S/c1-24(2)16-21(20-12-11-19(31-4)15-22(20)32-24)25-23(27)10-7-13-26(33(5,28)29)17-8-6-9-18(14-17)30-3/h6,8-9,11-12,14-15,21H,7,10,13,16H2,1-5H3,(H,25,27)/t21-/m1/s1. The summed E-state index contributed by atoms with van der Waals surface area (Å²) in [4.78, 5) is 12.8. The molecule has 0 saturated carbocycles. The number of nitrogens with zero attached hydrogens (tertiary/aromatic N) is 1. The van der Waals surface area contributed by atoms with Crippen LogP contribution in [0.5, 0.6) is 17.2 Å². The lowest BCUT2D eigenvalue weighted by atomic mass is 9.89. The van der Waals surface area contributed by atoms with Crippen LogP contribution < -0.4 is 23.8 Å². The number of nitrogens with one attached hydrogen (secondary N) is 1. The third-order valence-corrected chi connectivity index (χ3v) is 6.71. The summed E-state index contributed by atoms with van der Waals surface area (Å²) in [6, 6.07) is 12.2. The molecule has 0 bridgehead atoms. The fourth-order valence-electron chi connectivity index (χ4n) is 3.99. The van der Waals surface area contributed by atoms with Gasteiger partial charge in [0.05, 0.1) is 32.2 Å². The van der Waals surface area contributed by atoms with Gasteiger partial charge in [0.1, 0.15) is 22.8 Å². The first kappa shape index (κ1) is 24.7. The Kier molecular flexibility index (Phi) is 7.41. The van der Waals surface area contributed by atoms with Crippen molar-refractivity contribution in [1.82, 2.24) is 5.32 Å². The highest BCUT2D eigenvalue weighted by atomic mass is 32.2. The van der Waals surface area contributed by atoms with Gasteiger partial charge in [-0.25, -0.2) is 8.42 Å². The van der Waals surface area contributed by atoms with Crippen LogP contribution in [0, 0.1) is 0 Å². The summed E-state index contributed by atoms with van der Waals surface area (Å²) in [5.41, 5.74) is 0.959. The van der Waals surface area contributed by atoms with Crippen LogP contribution in [0.4, 0.5) is 5.69 Å². The number of carbonyl (C=O) groups excluding carboxylic acids is 1. The molecule has 9 heteroatoms. The maximum atomic E-state index is 12.8. The minimum absolute atomic E-state index is 0.140. The summed E-state index contributed by atoms with van der Waals surface area (Å²) in [5, 5.41) is 3.09. The number of carbonyl (C=O) groups is 1. The molecule has 1 amide bonds. The zero-order valence-corrected chi connectivity index (χ0v) is 20.6. The number of fused-ring (bicyclic) bond motifs is 1. The molecule has 3 rings (SSSR count). The molecule has 1 N–H and O–H groups in total. The molecular weight excluding hydrogens is 444 g/mol. The van der Waals surface area contributed by atoms with Crippen molar-refractivity contribution in [2.24, 2.45) is 0 Å². The molecule has 2 aromatic carbocycles. The van der Waals surface area contributed by atoms with E-state index in [2.05, 4.69) is 5.32 Å². The van der Waals surface area contributed by atoms with E-state index in [0.717, 1.165) is 11.8 Å². The second kappa shape index (κ2) is 9.91.